The molecule has 2 heteroatoms. The van der Waals surface area contributed by atoms with Gasteiger partial charge in [-0.05, 0) is 23.4 Å². The molecule has 0 aliphatic rings. The van der Waals surface area contributed by atoms with Crippen molar-refractivity contribution in [1.82, 2.24) is 4.98 Å². The summed E-state index contributed by atoms with van der Waals surface area (Å²) in [5, 5.41) is 2.42. The summed E-state index contributed by atoms with van der Waals surface area (Å²) in [7, 11) is 0. The Morgan fingerprint density at radius 1 is 1.13 bits per heavy atom. The van der Waals surface area contributed by atoms with Crippen LogP contribution < -0.4 is 5.73 Å². The van der Waals surface area contributed by atoms with E-state index in [2.05, 4.69) is 18.0 Å². The van der Waals surface area contributed by atoms with Crippen molar-refractivity contribution in [3.63, 3.8) is 0 Å². The Bertz CT molecular complexity index is 435. The minimum absolute atomic E-state index is 0.572. The molecule has 0 aliphatic heterocycles. The Kier molecular flexibility index (Phi) is 4.25. The molecule has 0 spiro atoms. The molecule has 1 heterocycles. The van der Waals surface area contributed by atoms with E-state index in [4.69, 9.17) is 5.73 Å². The van der Waals surface area contributed by atoms with Crippen LogP contribution in [0.15, 0.2) is 30.6 Å². The predicted octanol–water partition coefficient (Wildman–Crippen LogP) is 3.03. The van der Waals surface area contributed by atoms with Crippen LogP contribution in [0.25, 0.3) is 10.8 Å². The first-order valence-electron chi connectivity index (χ1n) is 5.35. The molecule has 0 saturated carbocycles. The summed E-state index contributed by atoms with van der Waals surface area (Å²) >= 11 is 0. The van der Waals surface area contributed by atoms with Crippen LogP contribution in [0.2, 0.25) is 0 Å². The molecule has 0 aliphatic carbocycles. The maximum Gasteiger partial charge on any atom is 0.0349 e. The smallest absolute Gasteiger partial charge is 0.0349 e. The molecule has 2 nitrogen and oxygen atoms in total. The maximum absolute atomic E-state index is 5.64. The Morgan fingerprint density at radius 3 is 2.53 bits per heavy atom. The molecule has 0 amide bonds. The van der Waals surface area contributed by atoms with E-state index < -0.39 is 0 Å². The predicted molar refractivity (Wildman–Crippen MR) is 65.7 cm³/mol. The lowest BCUT2D eigenvalue weighted by Gasteiger charge is -2.04. The molecular weight excluding hydrogens is 184 g/mol. The largest absolute Gasteiger partial charge is 0.326 e. The fourth-order valence-corrected chi connectivity index (χ4v) is 1.58. The van der Waals surface area contributed by atoms with Crippen molar-refractivity contribution in [3.8, 4) is 0 Å². The fraction of sp³-hybridized carbons (Fsp3) is 0.308. The number of hydrogen-bond donors (Lipinski definition) is 1. The van der Waals surface area contributed by atoms with E-state index in [9.17, 15) is 0 Å². The first kappa shape index (κ1) is 11.7. The van der Waals surface area contributed by atoms with E-state index in [-0.39, 0.29) is 0 Å². The first-order valence-corrected chi connectivity index (χ1v) is 5.35. The van der Waals surface area contributed by atoms with Crippen LogP contribution in [-0.2, 0) is 6.54 Å². The van der Waals surface area contributed by atoms with Crippen molar-refractivity contribution in [2.75, 3.05) is 0 Å². The van der Waals surface area contributed by atoms with Gasteiger partial charge < -0.3 is 5.73 Å². The lowest BCUT2D eigenvalue weighted by atomic mass is 10.0. The summed E-state index contributed by atoms with van der Waals surface area (Å²) in [5.74, 6) is 0. The van der Waals surface area contributed by atoms with Gasteiger partial charge in [0.05, 0.1) is 0 Å². The van der Waals surface area contributed by atoms with E-state index in [0.717, 1.165) is 5.56 Å². The molecule has 0 radical (unpaired) electrons. The fourth-order valence-electron chi connectivity index (χ4n) is 1.58. The highest BCUT2D eigenvalue weighted by atomic mass is 14.6. The second kappa shape index (κ2) is 5.47. The second-order valence-electron chi connectivity index (χ2n) is 3.17. The summed E-state index contributed by atoms with van der Waals surface area (Å²) in [6.45, 7) is 6.64. The van der Waals surface area contributed by atoms with Gasteiger partial charge in [-0.15, -0.1) is 0 Å². The van der Waals surface area contributed by atoms with Gasteiger partial charge in [0.25, 0.3) is 0 Å². The summed E-state index contributed by atoms with van der Waals surface area (Å²) in [5.41, 5.74) is 8.00. The number of fused-ring (bicyclic) bond motifs is 1. The lowest BCUT2D eigenvalue weighted by molar-refractivity contribution is 1.08. The van der Waals surface area contributed by atoms with E-state index in [1.807, 2.05) is 38.4 Å². The number of hydrogen-bond acceptors (Lipinski definition) is 2. The monoisotopic (exact) mass is 202 g/mol. The molecule has 0 fully saturated rings. The highest BCUT2D eigenvalue weighted by Gasteiger charge is 2.00. The van der Waals surface area contributed by atoms with Gasteiger partial charge in [-0.25, -0.2) is 0 Å². The molecule has 1 aromatic heterocycles. The minimum atomic E-state index is 0.572. The van der Waals surface area contributed by atoms with Crippen LogP contribution in [0.4, 0.5) is 0 Å². The molecule has 2 aromatic rings. The van der Waals surface area contributed by atoms with E-state index in [0.29, 0.717) is 6.54 Å². The third kappa shape index (κ3) is 2.34. The van der Waals surface area contributed by atoms with Crippen LogP contribution in [0.3, 0.4) is 0 Å². The number of rotatable bonds is 1. The van der Waals surface area contributed by atoms with Crippen LogP contribution in [0.5, 0.6) is 0 Å². The summed E-state index contributed by atoms with van der Waals surface area (Å²) in [6, 6.07) is 6.19. The van der Waals surface area contributed by atoms with E-state index >= 15 is 0 Å². The summed E-state index contributed by atoms with van der Waals surface area (Å²) < 4.78 is 0. The van der Waals surface area contributed by atoms with Crippen molar-refractivity contribution in [2.45, 2.75) is 27.3 Å². The van der Waals surface area contributed by atoms with Crippen molar-refractivity contribution < 1.29 is 0 Å². The average Bonchev–Trinajstić information content (AvgIpc) is 2.32. The molecule has 80 valence electrons. The number of nitrogens with two attached hydrogens (primary N) is 1. The highest BCUT2D eigenvalue weighted by Crippen LogP contribution is 2.19. The molecule has 0 unspecified atom stereocenters. The van der Waals surface area contributed by atoms with Crippen molar-refractivity contribution in [1.29, 1.82) is 0 Å². The van der Waals surface area contributed by atoms with Gasteiger partial charge in [0.1, 0.15) is 0 Å². The van der Waals surface area contributed by atoms with Crippen LogP contribution in [0, 0.1) is 6.92 Å². The van der Waals surface area contributed by atoms with E-state index in [1.165, 1.54) is 16.3 Å². The second-order valence-corrected chi connectivity index (χ2v) is 3.17. The van der Waals surface area contributed by atoms with Crippen LogP contribution >= 0.6 is 0 Å². The summed E-state index contributed by atoms with van der Waals surface area (Å²) in [4.78, 5) is 4.17. The van der Waals surface area contributed by atoms with Crippen molar-refractivity contribution >= 4 is 10.8 Å². The molecule has 15 heavy (non-hydrogen) atoms. The SMILES string of the molecule is CC.Cc1cncc2c(CN)cccc12. The first-order chi connectivity index (χ1) is 7.33. The van der Waals surface area contributed by atoms with Gasteiger partial charge in [0, 0.05) is 24.3 Å². The van der Waals surface area contributed by atoms with Gasteiger partial charge >= 0.3 is 0 Å². The zero-order valence-electron chi connectivity index (χ0n) is 9.62. The molecule has 1 aromatic carbocycles. The van der Waals surface area contributed by atoms with Gasteiger partial charge in [0.2, 0.25) is 0 Å². The van der Waals surface area contributed by atoms with Gasteiger partial charge in [-0.1, -0.05) is 32.0 Å². The molecular formula is C13H18N2. The topological polar surface area (TPSA) is 38.9 Å². The molecule has 2 rings (SSSR count). The normalized spacial score (nSPS) is 9.60. The number of aryl methyl sites for hydroxylation is 1. The Morgan fingerprint density at radius 2 is 1.87 bits per heavy atom. The van der Waals surface area contributed by atoms with Crippen molar-refractivity contribution in [2.24, 2.45) is 5.73 Å². The third-order valence-corrected chi connectivity index (χ3v) is 2.31. The third-order valence-electron chi connectivity index (χ3n) is 2.31. The number of pyridine rings is 1. The van der Waals surface area contributed by atoms with Gasteiger partial charge in [0.15, 0.2) is 0 Å². The Hall–Kier alpha value is -1.41. The zero-order valence-corrected chi connectivity index (χ0v) is 9.62. The molecule has 0 saturated heterocycles. The maximum atomic E-state index is 5.64. The number of aromatic nitrogens is 1. The number of nitrogens with zero attached hydrogens (tertiary/aromatic N) is 1. The zero-order chi connectivity index (χ0) is 11.3. The van der Waals surface area contributed by atoms with Gasteiger partial charge in [-0.2, -0.15) is 0 Å². The highest BCUT2D eigenvalue weighted by molar-refractivity contribution is 5.87. The quantitative estimate of drug-likeness (QED) is 0.772. The number of benzene rings is 1. The van der Waals surface area contributed by atoms with Crippen LogP contribution in [0.1, 0.15) is 25.0 Å². The standard InChI is InChI=1S/C11H12N2.C2H6/c1-8-6-13-7-11-9(5-12)3-2-4-10(8)11;1-2/h2-4,6-7H,5,12H2,1H3;1-2H3. The average molecular weight is 202 g/mol. The Labute approximate surface area is 91.1 Å². The van der Waals surface area contributed by atoms with E-state index in [1.54, 1.807) is 0 Å². The minimum Gasteiger partial charge on any atom is -0.326 e. The molecule has 0 bridgehead atoms. The Balaban J connectivity index is 0.000000531. The van der Waals surface area contributed by atoms with Crippen LogP contribution in [-0.4, -0.2) is 4.98 Å². The van der Waals surface area contributed by atoms with Crippen molar-refractivity contribution in [3.05, 3.63) is 41.7 Å². The summed E-state index contributed by atoms with van der Waals surface area (Å²) in [6.07, 6.45) is 3.76. The molecule has 0 atom stereocenters. The molecule has 2 N–H and O–H groups in total. The lowest BCUT2D eigenvalue weighted by Crippen LogP contribution is -1.97. The van der Waals surface area contributed by atoms with Gasteiger partial charge in [-0.3, -0.25) is 4.98 Å².